The smallest absolute Gasteiger partial charge is 0.280 e. The van der Waals surface area contributed by atoms with Crippen molar-refractivity contribution >= 4 is 35.3 Å². The third kappa shape index (κ3) is 5.58. The van der Waals surface area contributed by atoms with Gasteiger partial charge in [-0.2, -0.15) is 5.10 Å². The van der Waals surface area contributed by atoms with E-state index >= 15 is 0 Å². The fourth-order valence-electron chi connectivity index (χ4n) is 1.78. The normalized spacial score (nSPS) is 12.1. The number of hydrogen-bond acceptors (Lipinski definition) is 3. The largest absolute Gasteiger partial charge is 0.479 e. The zero-order chi connectivity index (χ0) is 16.7. The molecule has 1 amide bonds. The van der Waals surface area contributed by atoms with Crippen molar-refractivity contribution in [2.75, 3.05) is 0 Å². The summed E-state index contributed by atoms with van der Waals surface area (Å²) in [5.74, 6) is 0.0345. The molecule has 23 heavy (non-hydrogen) atoms. The lowest BCUT2D eigenvalue weighted by Gasteiger charge is -2.14. The first kappa shape index (κ1) is 17.3. The van der Waals surface area contributed by atoms with Gasteiger partial charge in [-0.05, 0) is 30.7 Å². The molecule has 1 N–H and O–H groups in total. The molecule has 120 valence electrons. The summed E-state index contributed by atoms with van der Waals surface area (Å²) < 4.78 is 5.50. The highest BCUT2D eigenvalue weighted by Gasteiger charge is 2.15. The minimum Gasteiger partial charge on any atom is -0.479 e. The van der Waals surface area contributed by atoms with Crippen molar-refractivity contribution in [3.63, 3.8) is 0 Å². The van der Waals surface area contributed by atoms with Crippen molar-refractivity contribution in [1.82, 2.24) is 5.43 Å². The van der Waals surface area contributed by atoms with Gasteiger partial charge in [-0.1, -0.05) is 53.5 Å². The summed E-state index contributed by atoms with van der Waals surface area (Å²) in [5, 5.41) is 4.76. The summed E-state index contributed by atoms with van der Waals surface area (Å²) >= 11 is 11.8. The minimum atomic E-state index is -0.734. The molecule has 0 aliphatic heterocycles. The SMILES string of the molecule is C[C@H](Oc1ccc(Cl)cc1Cl)C(=O)N/N=C\Cc1ccccc1. The van der Waals surface area contributed by atoms with Crippen molar-refractivity contribution in [2.24, 2.45) is 5.10 Å². The lowest BCUT2D eigenvalue weighted by Crippen LogP contribution is -2.33. The van der Waals surface area contributed by atoms with Gasteiger partial charge >= 0.3 is 0 Å². The van der Waals surface area contributed by atoms with Crippen LogP contribution in [0.2, 0.25) is 10.0 Å². The topological polar surface area (TPSA) is 50.7 Å². The van der Waals surface area contributed by atoms with E-state index in [2.05, 4.69) is 10.5 Å². The van der Waals surface area contributed by atoms with Crippen LogP contribution in [0.3, 0.4) is 0 Å². The molecule has 0 saturated carbocycles. The number of carbonyl (C=O) groups excluding carboxylic acids is 1. The Hall–Kier alpha value is -2.04. The number of nitrogens with zero attached hydrogens (tertiary/aromatic N) is 1. The number of benzene rings is 2. The van der Waals surface area contributed by atoms with Crippen molar-refractivity contribution < 1.29 is 9.53 Å². The number of amides is 1. The molecule has 6 heteroatoms. The Kier molecular flexibility index (Phi) is 6.44. The molecule has 0 saturated heterocycles. The number of hydrazone groups is 1. The second kappa shape index (κ2) is 8.56. The summed E-state index contributed by atoms with van der Waals surface area (Å²) in [6.07, 6.45) is 1.54. The summed E-state index contributed by atoms with van der Waals surface area (Å²) in [6, 6.07) is 14.6. The van der Waals surface area contributed by atoms with Gasteiger partial charge in [-0.25, -0.2) is 5.43 Å². The zero-order valence-electron chi connectivity index (χ0n) is 12.5. The summed E-state index contributed by atoms with van der Waals surface area (Å²) in [5.41, 5.74) is 3.55. The number of nitrogens with one attached hydrogen (secondary N) is 1. The molecule has 0 heterocycles. The van der Waals surface area contributed by atoms with E-state index in [0.717, 1.165) is 5.56 Å². The Morgan fingerprint density at radius 2 is 2.00 bits per heavy atom. The quantitative estimate of drug-likeness (QED) is 0.629. The average molecular weight is 351 g/mol. The molecule has 2 aromatic rings. The fraction of sp³-hybridized carbons (Fsp3) is 0.176. The van der Waals surface area contributed by atoms with Gasteiger partial charge in [0.2, 0.25) is 0 Å². The second-order valence-electron chi connectivity index (χ2n) is 4.81. The molecule has 0 radical (unpaired) electrons. The Balaban J connectivity index is 1.83. The molecular formula is C17H16Cl2N2O2. The molecule has 4 nitrogen and oxygen atoms in total. The predicted octanol–water partition coefficient (Wildman–Crippen LogP) is 4.11. The van der Waals surface area contributed by atoms with Crippen LogP contribution in [0.25, 0.3) is 0 Å². The predicted molar refractivity (Wildman–Crippen MR) is 93.3 cm³/mol. The number of halogens is 2. The van der Waals surface area contributed by atoms with Gasteiger partial charge in [0.25, 0.3) is 5.91 Å². The third-order valence-electron chi connectivity index (χ3n) is 3.00. The number of hydrogen-bond donors (Lipinski definition) is 1. The van der Waals surface area contributed by atoms with Crippen LogP contribution >= 0.6 is 23.2 Å². The van der Waals surface area contributed by atoms with Crippen LogP contribution in [0.15, 0.2) is 53.6 Å². The van der Waals surface area contributed by atoms with Crippen LogP contribution in [-0.4, -0.2) is 18.2 Å². The van der Waals surface area contributed by atoms with Crippen LogP contribution in [0.1, 0.15) is 12.5 Å². The number of ether oxygens (including phenoxy) is 1. The standard InChI is InChI=1S/C17H16Cl2N2O2/c1-12(23-16-8-7-14(18)11-15(16)19)17(22)21-20-10-9-13-5-3-2-4-6-13/h2-8,10-12H,9H2,1H3,(H,21,22)/b20-10-/t12-/m0/s1. The lowest BCUT2D eigenvalue weighted by molar-refractivity contribution is -0.127. The molecule has 0 aliphatic rings. The second-order valence-corrected chi connectivity index (χ2v) is 5.66. The molecule has 0 spiro atoms. The highest BCUT2D eigenvalue weighted by Crippen LogP contribution is 2.28. The van der Waals surface area contributed by atoms with Crippen molar-refractivity contribution in [3.05, 3.63) is 64.1 Å². The first-order chi connectivity index (χ1) is 11.1. The molecule has 0 unspecified atom stereocenters. The van der Waals surface area contributed by atoms with Crippen LogP contribution in [0.5, 0.6) is 5.75 Å². The third-order valence-corrected chi connectivity index (χ3v) is 3.53. The first-order valence-corrected chi connectivity index (χ1v) is 7.79. The van der Waals surface area contributed by atoms with E-state index in [9.17, 15) is 4.79 Å². The van der Waals surface area contributed by atoms with Crippen LogP contribution < -0.4 is 10.2 Å². The lowest BCUT2D eigenvalue weighted by atomic mass is 10.2. The van der Waals surface area contributed by atoms with Crippen LogP contribution in [-0.2, 0) is 11.2 Å². The molecule has 0 fully saturated rings. The van der Waals surface area contributed by atoms with Crippen molar-refractivity contribution in [1.29, 1.82) is 0 Å². The molecule has 0 aromatic heterocycles. The van der Waals surface area contributed by atoms with Crippen molar-refractivity contribution in [2.45, 2.75) is 19.4 Å². The fourth-order valence-corrected chi connectivity index (χ4v) is 2.23. The monoisotopic (exact) mass is 350 g/mol. The molecule has 0 bridgehead atoms. The van der Waals surface area contributed by atoms with Gasteiger partial charge in [0.05, 0.1) is 5.02 Å². The van der Waals surface area contributed by atoms with Gasteiger partial charge in [-0.15, -0.1) is 0 Å². The molecular weight excluding hydrogens is 335 g/mol. The zero-order valence-corrected chi connectivity index (χ0v) is 14.0. The van der Waals surface area contributed by atoms with E-state index in [1.54, 1.807) is 31.3 Å². The van der Waals surface area contributed by atoms with E-state index in [1.807, 2.05) is 30.3 Å². The Bertz CT molecular complexity index is 690. The van der Waals surface area contributed by atoms with E-state index in [4.69, 9.17) is 27.9 Å². The molecule has 2 rings (SSSR count). The first-order valence-electron chi connectivity index (χ1n) is 7.03. The maximum Gasteiger partial charge on any atom is 0.280 e. The number of rotatable bonds is 6. The van der Waals surface area contributed by atoms with E-state index in [0.29, 0.717) is 22.2 Å². The molecule has 0 aliphatic carbocycles. The van der Waals surface area contributed by atoms with Crippen LogP contribution in [0, 0.1) is 0 Å². The Morgan fingerprint density at radius 3 is 2.70 bits per heavy atom. The molecule has 2 aromatic carbocycles. The van der Waals surface area contributed by atoms with Gasteiger partial charge in [0.15, 0.2) is 6.10 Å². The molecule has 1 atom stereocenters. The van der Waals surface area contributed by atoms with Gasteiger partial charge in [0, 0.05) is 17.7 Å². The highest BCUT2D eigenvalue weighted by molar-refractivity contribution is 6.35. The number of carbonyl (C=O) groups is 1. The van der Waals surface area contributed by atoms with Crippen molar-refractivity contribution in [3.8, 4) is 5.75 Å². The minimum absolute atomic E-state index is 0.352. The van der Waals surface area contributed by atoms with E-state index < -0.39 is 6.10 Å². The summed E-state index contributed by atoms with van der Waals surface area (Å²) in [4.78, 5) is 11.9. The highest BCUT2D eigenvalue weighted by atomic mass is 35.5. The van der Waals surface area contributed by atoms with E-state index in [1.165, 1.54) is 0 Å². The summed E-state index contributed by atoms with van der Waals surface area (Å²) in [6.45, 7) is 1.62. The van der Waals surface area contributed by atoms with Gasteiger partial charge in [-0.3, -0.25) is 4.79 Å². The van der Waals surface area contributed by atoms with Gasteiger partial charge in [0.1, 0.15) is 5.75 Å². The Labute approximate surface area is 145 Å². The van der Waals surface area contributed by atoms with E-state index in [-0.39, 0.29) is 5.91 Å². The van der Waals surface area contributed by atoms with Crippen LogP contribution in [0.4, 0.5) is 0 Å². The maximum atomic E-state index is 11.9. The summed E-state index contributed by atoms with van der Waals surface area (Å²) in [7, 11) is 0. The maximum absolute atomic E-state index is 11.9. The Morgan fingerprint density at radius 1 is 1.26 bits per heavy atom. The van der Waals surface area contributed by atoms with Gasteiger partial charge < -0.3 is 4.74 Å². The average Bonchev–Trinajstić information content (AvgIpc) is 2.55.